The zero-order valence-electron chi connectivity index (χ0n) is 11.2. The molecule has 0 saturated carbocycles. The number of hydrogen-bond donors (Lipinski definition) is 1. The molecule has 0 bridgehead atoms. The highest BCUT2D eigenvalue weighted by Crippen LogP contribution is 2.18. The molecule has 0 aliphatic rings. The highest BCUT2D eigenvalue weighted by Gasteiger charge is 2.12. The quantitative estimate of drug-likeness (QED) is 0.778. The third-order valence-corrected chi connectivity index (χ3v) is 3.56. The third-order valence-electron chi connectivity index (χ3n) is 3.11. The van der Waals surface area contributed by atoms with E-state index in [9.17, 15) is 4.39 Å². The monoisotopic (exact) mass is 317 g/mol. The van der Waals surface area contributed by atoms with Crippen molar-refractivity contribution in [3.05, 3.63) is 34.1 Å². The first kappa shape index (κ1) is 15.6. The van der Waals surface area contributed by atoms with Gasteiger partial charge in [0.25, 0.3) is 0 Å². The van der Waals surface area contributed by atoms with Crippen molar-refractivity contribution in [2.75, 3.05) is 20.3 Å². The topological polar surface area (TPSA) is 21.3 Å². The summed E-state index contributed by atoms with van der Waals surface area (Å²) in [5, 5.41) is 3.40. The van der Waals surface area contributed by atoms with Crippen molar-refractivity contribution in [3.63, 3.8) is 0 Å². The van der Waals surface area contributed by atoms with Crippen LogP contribution < -0.4 is 5.32 Å². The van der Waals surface area contributed by atoms with Crippen LogP contribution >= 0.6 is 15.9 Å². The molecule has 18 heavy (non-hydrogen) atoms. The molecule has 0 spiro atoms. The van der Waals surface area contributed by atoms with Crippen LogP contribution in [0.3, 0.4) is 0 Å². The Hall–Kier alpha value is -0.450. The van der Waals surface area contributed by atoms with Gasteiger partial charge < -0.3 is 10.1 Å². The molecule has 2 unspecified atom stereocenters. The van der Waals surface area contributed by atoms with E-state index in [1.807, 2.05) is 6.07 Å². The Morgan fingerprint density at radius 1 is 1.33 bits per heavy atom. The molecule has 0 radical (unpaired) electrons. The van der Waals surface area contributed by atoms with E-state index in [1.165, 1.54) is 6.07 Å². The van der Waals surface area contributed by atoms with Gasteiger partial charge in [-0.05, 0) is 43.0 Å². The second kappa shape index (κ2) is 7.87. The molecule has 0 amide bonds. The lowest BCUT2D eigenvalue weighted by molar-refractivity contribution is 0.192. The molecule has 1 rings (SSSR count). The Balaban J connectivity index is 2.49. The molecule has 2 nitrogen and oxygen atoms in total. The second-order valence-electron chi connectivity index (χ2n) is 4.69. The Bertz CT molecular complexity index is 353. The van der Waals surface area contributed by atoms with Gasteiger partial charge in [-0.15, -0.1) is 0 Å². The van der Waals surface area contributed by atoms with Crippen molar-refractivity contribution in [3.8, 4) is 0 Å². The molecule has 0 saturated heterocycles. The highest BCUT2D eigenvalue weighted by atomic mass is 79.9. The zero-order valence-corrected chi connectivity index (χ0v) is 12.8. The van der Waals surface area contributed by atoms with E-state index in [1.54, 1.807) is 13.2 Å². The van der Waals surface area contributed by atoms with Gasteiger partial charge in [-0.25, -0.2) is 4.39 Å². The first-order valence-corrected chi connectivity index (χ1v) is 6.99. The van der Waals surface area contributed by atoms with Crippen molar-refractivity contribution >= 4 is 15.9 Å². The zero-order chi connectivity index (χ0) is 13.5. The maximum absolute atomic E-state index is 13.3. The molecule has 102 valence electrons. The lowest BCUT2D eigenvalue weighted by Gasteiger charge is -2.21. The van der Waals surface area contributed by atoms with Gasteiger partial charge in [0.05, 0.1) is 6.61 Å². The molecule has 1 N–H and O–H groups in total. The smallest absolute Gasteiger partial charge is 0.124 e. The SMILES string of the molecule is COCCNC(C)C(C)Cc1cc(F)cc(Br)c1. The number of nitrogens with one attached hydrogen (secondary N) is 1. The van der Waals surface area contributed by atoms with E-state index in [-0.39, 0.29) is 5.82 Å². The molecular weight excluding hydrogens is 297 g/mol. The van der Waals surface area contributed by atoms with Gasteiger partial charge in [0.2, 0.25) is 0 Å². The molecule has 1 aromatic carbocycles. The van der Waals surface area contributed by atoms with E-state index in [4.69, 9.17) is 4.74 Å². The Morgan fingerprint density at radius 2 is 2.06 bits per heavy atom. The number of benzene rings is 1. The predicted octanol–water partition coefficient (Wildman–Crippen LogP) is 3.39. The van der Waals surface area contributed by atoms with Crippen LogP contribution in [0.2, 0.25) is 0 Å². The Morgan fingerprint density at radius 3 is 2.67 bits per heavy atom. The number of rotatable bonds is 7. The first-order valence-electron chi connectivity index (χ1n) is 6.20. The van der Waals surface area contributed by atoms with Gasteiger partial charge in [-0.2, -0.15) is 0 Å². The predicted molar refractivity (Wildman–Crippen MR) is 76.3 cm³/mol. The number of hydrogen-bond acceptors (Lipinski definition) is 2. The maximum Gasteiger partial charge on any atom is 0.124 e. The summed E-state index contributed by atoms with van der Waals surface area (Å²) in [4.78, 5) is 0. The van der Waals surface area contributed by atoms with Gasteiger partial charge in [0.1, 0.15) is 5.82 Å². The fourth-order valence-corrected chi connectivity index (χ4v) is 2.38. The summed E-state index contributed by atoms with van der Waals surface area (Å²) < 4.78 is 19.1. The Kier molecular flexibility index (Phi) is 6.82. The van der Waals surface area contributed by atoms with Gasteiger partial charge in [0.15, 0.2) is 0 Å². The molecule has 0 aliphatic heterocycles. The summed E-state index contributed by atoms with van der Waals surface area (Å²) in [5.74, 6) is 0.252. The van der Waals surface area contributed by atoms with Crippen LogP contribution in [0.4, 0.5) is 4.39 Å². The van der Waals surface area contributed by atoms with Gasteiger partial charge in [-0.1, -0.05) is 22.9 Å². The summed E-state index contributed by atoms with van der Waals surface area (Å²) in [7, 11) is 1.69. The van der Waals surface area contributed by atoms with E-state index in [0.29, 0.717) is 18.6 Å². The minimum absolute atomic E-state index is 0.188. The fourth-order valence-electron chi connectivity index (χ4n) is 1.87. The molecule has 0 aromatic heterocycles. The van der Waals surface area contributed by atoms with Gasteiger partial charge in [-0.3, -0.25) is 0 Å². The van der Waals surface area contributed by atoms with Crippen molar-refractivity contribution in [1.82, 2.24) is 5.32 Å². The molecule has 1 aromatic rings. The summed E-state index contributed by atoms with van der Waals surface area (Å²) >= 11 is 3.32. The standard InChI is InChI=1S/C14H21BrFNO/c1-10(11(2)17-4-5-18-3)6-12-7-13(15)9-14(16)8-12/h7-11,17H,4-6H2,1-3H3. The van der Waals surface area contributed by atoms with Crippen molar-refractivity contribution in [2.24, 2.45) is 5.92 Å². The van der Waals surface area contributed by atoms with Crippen LogP contribution in [0.15, 0.2) is 22.7 Å². The number of halogens is 2. The average molecular weight is 318 g/mol. The second-order valence-corrected chi connectivity index (χ2v) is 5.61. The van der Waals surface area contributed by atoms with E-state index >= 15 is 0 Å². The molecule has 2 atom stereocenters. The van der Waals surface area contributed by atoms with Gasteiger partial charge in [0, 0.05) is 24.2 Å². The number of ether oxygens (including phenoxy) is 1. The maximum atomic E-state index is 13.3. The third kappa shape index (κ3) is 5.46. The van der Waals surface area contributed by atoms with Crippen molar-refractivity contribution in [2.45, 2.75) is 26.3 Å². The Labute approximate surface area is 117 Å². The largest absolute Gasteiger partial charge is 0.383 e. The van der Waals surface area contributed by atoms with Crippen LogP contribution in [0.25, 0.3) is 0 Å². The minimum Gasteiger partial charge on any atom is -0.383 e. The number of methoxy groups -OCH3 is 1. The van der Waals surface area contributed by atoms with E-state index in [2.05, 4.69) is 35.1 Å². The highest BCUT2D eigenvalue weighted by molar-refractivity contribution is 9.10. The molecule has 0 fully saturated rings. The first-order chi connectivity index (χ1) is 8.52. The molecule has 4 heteroatoms. The van der Waals surface area contributed by atoms with Crippen LogP contribution in [0.5, 0.6) is 0 Å². The lowest BCUT2D eigenvalue weighted by Crippen LogP contribution is -2.35. The van der Waals surface area contributed by atoms with E-state index < -0.39 is 0 Å². The van der Waals surface area contributed by atoms with Gasteiger partial charge >= 0.3 is 0 Å². The normalized spacial score (nSPS) is 14.5. The van der Waals surface area contributed by atoms with Crippen LogP contribution in [0.1, 0.15) is 19.4 Å². The molecular formula is C14H21BrFNO. The van der Waals surface area contributed by atoms with Crippen LogP contribution in [0, 0.1) is 11.7 Å². The minimum atomic E-state index is -0.188. The fraction of sp³-hybridized carbons (Fsp3) is 0.571. The molecule has 0 aliphatic carbocycles. The van der Waals surface area contributed by atoms with Crippen LogP contribution in [-0.4, -0.2) is 26.3 Å². The van der Waals surface area contributed by atoms with E-state index in [0.717, 1.165) is 23.0 Å². The molecule has 0 heterocycles. The summed E-state index contributed by atoms with van der Waals surface area (Å²) in [6.07, 6.45) is 0.859. The lowest BCUT2D eigenvalue weighted by atomic mass is 9.95. The van der Waals surface area contributed by atoms with Crippen molar-refractivity contribution < 1.29 is 9.13 Å². The average Bonchev–Trinajstić information content (AvgIpc) is 2.27. The van der Waals surface area contributed by atoms with Crippen molar-refractivity contribution in [1.29, 1.82) is 0 Å². The summed E-state index contributed by atoms with van der Waals surface area (Å²) in [5.41, 5.74) is 1.02. The van der Waals surface area contributed by atoms with Crippen LogP contribution in [-0.2, 0) is 11.2 Å². The summed E-state index contributed by atoms with van der Waals surface area (Å²) in [6.45, 7) is 5.87. The summed E-state index contributed by atoms with van der Waals surface area (Å²) in [6, 6.07) is 5.43.